The fraction of sp³-hybridized carbons (Fsp3) is 0.0769. The maximum Gasteiger partial charge on any atom is 0.188 e. The number of nitrogens with two attached hydrogens (primary N) is 1. The summed E-state index contributed by atoms with van der Waals surface area (Å²) in [5.41, 5.74) is 7.06. The highest BCUT2D eigenvalue weighted by molar-refractivity contribution is 9.10. The van der Waals surface area contributed by atoms with Gasteiger partial charge in [-0.2, -0.15) is 0 Å². The molecule has 0 aliphatic carbocycles. The van der Waals surface area contributed by atoms with Crippen molar-refractivity contribution in [2.75, 3.05) is 0 Å². The zero-order valence-corrected chi connectivity index (χ0v) is 12.4. The quantitative estimate of drug-likeness (QED) is 0.295. The Balaban J connectivity index is 2.10. The Morgan fingerprint density at radius 2 is 2.16 bits per heavy atom. The van der Waals surface area contributed by atoms with Gasteiger partial charge in [-0.25, -0.2) is 0 Å². The molecule has 0 saturated heterocycles. The zero-order chi connectivity index (χ0) is 13.7. The van der Waals surface area contributed by atoms with Gasteiger partial charge in [-0.05, 0) is 45.8 Å². The topological polar surface area (TPSA) is 71.5 Å². The number of nitrogens with zero attached hydrogens (tertiary/aromatic N) is 2. The lowest BCUT2D eigenvalue weighted by Crippen LogP contribution is -2.15. The molecule has 98 valence electrons. The molecule has 3 N–H and O–H groups in total. The van der Waals surface area contributed by atoms with Crippen LogP contribution >= 0.6 is 27.7 Å². The molecular weight excluding hydrogens is 326 g/mol. The van der Waals surface area contributed by atoms with Crippen LogP contribution in [0.5, 0.6) is 0 Å². The predicted octanol–water partition coefficient (Wildman–Crippen LogP) is 3.23. The summed E-state index contributed by atoms with van der Waals surface area (Å²) in [6.45, 7) is 0. The average molecular weight is 338 g/mol. The molecule has 0 saturated carbocycles. The maximum absolute atomic E-state index is 8.63. The molecule has 0 bridgehead atoms. The van der Waals surface area contributed by atoms with Gasteiger partial charge in [-0.1, -0.05) is 17.3 Å². The van der Waals surface area contributed by atoms with Crippen LogP contribution < -0.4 is 5.73 Å². The van der Waals surface area contributed by atoms with E-state index in [1.807, 2.05) is 30.3 Å². The van der Waals surface area contributed by atoms with Crippen molar-refractivity contribution in [2.45, 2.75) is 10.6 Å². The van der Waals surface area contributed by atoms with E-state index in [0.29, 0.717) is 5.69 Å². The number of halogens is 1. The van der Waals surface area contributed by atoms with Crippen LogP contribution in [0.1, 0.15) is 11.3 Å². The van der Waals surface area contributed by atoms with E-state index in [1.165, 1.54) is 4.90 Å². The molecule has 0 radical (unpaired) electrons. The second kappa shape index (κ2) is 6.58. The van der Waals surface area contributed by atoms with E-state index in [2.05, 4.69) is 32.1 Å². The van der Waals surface area contributed by atoms with Crippen molar-refractivity contribution in [3.8, 4) is 0 Å². The van der Waals surface area contributed by atoms with Gasteiger partial charge in [0.15, 0.2) is 5.84 Å². The van der Waals surface area contributed by atoms with Gasteiger partial charge in [-0.3, -0.25) is 4.98 Å². The molecular formula is C13H12BrN3OS. The van der Waals surface area contributed by atoms with E-state index in [4.69, 9.17) is 10.9 Å². The minimum Gasteiger partial charge on any atom is -0.409 e. The van der Waals surface area contributed by atoms with Crippen LogP contribution in [0.4, 0.5) is 0 Å². The molecule has 0 spiro atoms. The first kappa shape index (κ1) is 13.9. The van der Waals surface area contributed by atoms with Crippen LogP contribution in [0.2, 0.25) is 0 Å². The van der Waals surface area contributed by atoms with Crippen molar-refractivity contribution in [2.24, 2.45) is 10.9 Å². The van der Waals surface area contributed by atoms with Gasteiger partial charge in [0.1, 0.15) is 5.69 Å². The molecule has 0 aliphatic heterocycles. The molecule has 4 nitrogen and oxygen atoms in total. The third kappa shape index (κ3) is 3.71. The van der Waals surface area contributed by atoms with Gasteiger partial charge in [-0.15, -0.1) is 11.8 Å². The first-order valence-corrected chi connectivity index (χ1v) is 7.28. The lowest BCUT2D eigenvalue weighted by atomic mass is 10.2. The summed E-state index contributed by atoms with van der Waals surface area (Å²) in [4.78, 5) is 5.22. The van der Waals surface area contributed by atoms with Crippen molar-refractivity contribution in [1.29, 1.82) is 0 Å². The summed E-state index contributed by atoms with van der Waals surface area (Å²) in [6, 6.07) is 11.8. The first-order valence-electron chi connectivity index (χ1n) is 5.51. The summed E-state index contributed by atoms with van der Waals surface area (Å²) >= 11 is 5.22. The van der Waals surface area contributed by atoms with Crippen molar-refractivity contribution in [3.63, 3.8) is 0 Å². The minimum absolute atomic E-state index is 0.0211. The number of hydrogen-bond donors (Lipinski definition) is 2. The van der Waals surface area contributed by atoms with E-state index in [0.717, 1.165) is 15.8 Å². The van der Waals surface area contributed by atoms with Gasteiger partial charge < -0.3 is 10.9 Å². The van der Waals surface area contributed by atoms with Crippen LogP contribution in [0.15, 0.2) is 57.1 Å². The largest absolute Gasteiger partial charge is 0.409 e. The zero-order valence-electron chi connectivity index (χ0n) is 9.95. The lowest BCUT2D eigenvalue weighted by molar-refractivity contribution is 0.318. The minimum atomic E-state index is 0.0211. The second-order valence-corrected chi connectivity index (χ2v) is 5.63. The summed E-state index contributed by atoms with van der Waals surface area (Å²) in [7, 11) is 0. The highest BCUT2D eigenvalue weighted by Crippen LogP contribution is 2.29. The fourth-order valence-electron chi connectivity index (χ4n) is 1.48. The SMILES string of the molecule is NC(=NO)c1cc(CSc2ccccc2Br)ccn1. The summed E-state index contributed by atoms with van der Waals surface area (Å²) < 4.78 is 1.07. The third-order valence-corrected chi connectivity index (χ3v) is 4.52. The molecule has 1 aromatic carbocycles. The normalized spacial score (nSPS) is 11.5. The van der Waals surface area contributed by atoms with E-state index >= 15 is 0 Å². The summed E-state index contributed by atoms with van der Waals surface area (Å²) in [6.07, 6.45) is 1.66. The van der Waals surface area contributed by atoms with Crippen molar-refractivity contribution in [3.05, 3.63) is 58.3 Å². The third-order valence-electron chi connectivity index (χ3n) is 2.43. The number of amidine groups is 1. The van der Waals surface area contributed by atoms with Crippen LogP contribution in [0, 0.1) is 0 Å². The smallest absolute Gasteiger partial charge is 0.188 e. The van der Waals surface area contributed by atoms with Gasteiger partial charge in [0.25, 0.3) is 0 Å². The van der Waals surface area contributed by atoms with E-state index in [-0.39, 0.29) is 5.84 Å². The highest BCUT2D eigenvalue weighted by Gasteiger charge is 2.04. The Labute approximate surface area is 123 Å². The molecule has 0 amide bonds. The van der Waals surface area contributed by atoms with Crippen LogP contribution in [0.3, 0.4) is 0 Å². The predicted molar refractivity (Wildman–Crippen MR) is 80.5 cm³/mol. The average Bonchev–Trinajstić information content (AvgIpc) is 2.46. The number of pyridine rings is 1. The Bertz CT molecular complexity index is 604. The number of benzene rings is 1. The maximum atomic E-state index is 8.63. The van der Waals surface area contributed by atoms with Crippen LogP contribution in [0.25, 0.3) is 0 Å². The Morgan fingerprint density at radius 1 is 1.37 bits per heavy atom. The van der Waals surface area contributed by atoms with Crippen molar-refractivity contribution >= 4 is 33.5 Å². The first-order chi connectivity index (χ1) is 9.20. The molecule has 0 unspecified atom stereocenters. The molecule has 0 fully saturated rings. The Morgan fingerprint density at radius 3 is 2.89 bits per heavy atom. The van der Waals surface area contributed by atoms with Crippen LogP contribution in [-0.2, 0) is 5.75 Å². The molecule has 1 heterocycles. The van der Waals surface area contributed by atoms with Gasteiger partial charge in [0.2, 0.25) is 0 Å². The van der Waals surface area contributed by atoms with Crippen molar-refractivity contribution < 1.29 is 5.21 Å². The van der Waals surface area contributed by atoms with Gasteiger partial charge >= 0.3 is 0 Å². The van der Waals surface area contributed by atoms with E-state index < -0.39 is 0 Å². The molecule has 2 aromatic rings. The molecule has 0 atom stereocenters. The van der Waals surface area contributed by atoms with E-state index in [1.54, 1.807) is 18.0 Å². The number of aromatic nitrogens is 1. The second-order valence-electron chi connectivity index (χ2n) is 3.75. The molecule has 0 aliphatic rings. The van der Waals surface area contributed by atoms with Crippen LogP contribution in [-0.4, -0.2) is 16.0 Å². The van der Waals surface area contributed by atoms with E-state index in [9.17, 15) is 0 Å². The number of thioether (sulfide) groups is 1. The summed E-state index contributed by atoms with van der Waals surface area (Å²) in [5.74, 6) is 0.810. The Hall–Kier alpha value is -1.53. The summed E-state index contributed by atoms with van der Waals surface area (Å²) in [5, 5.41) is 11.6. The monoisotopic (exact) mass is 337 g/mol. The molecule has 1 aromatic heterocycles. The van der Waals surface area contributed by atoms with Gasteiger partial charge in [0, 0.05) is 21.3 Å². The number of rotatable bonds is 4. The van der Waals surface area contributed by atoms with Crippen molar-refractivity contribution in [1.82, 2.24) is 4.98 Å². The highest BCUT2D eigenvalue weighted by atomic mass is 79.9. The standard InChI is InChI=1S/C13H12BrN3OS/c14-10-3-1-2-4-12(10)19-8-9-5-6-16-11(7-9)13(15)17-18/h1-7,18H,8H2,(H2,15,17). The lowest BCUT2D eigenvalue weighted by Gasteiger charge is -2.05. The Kier molecular flexibility index (Phi) is 4.81. The van der Waals surface area contributed by atoms with Gasteiger partial charge in [0.05, 0.1) is 0 Å². The fourth-order valence-corrected chi connectivity index (χ4v) is 2.99. The molecule has 2 rings (SSSR count). The molecule has 6 heteroatoms. The number of oxime groups is 1. The molecule has 19 heavy (non-hydrogen) atoms. The number of hydrogen-bond acceptors (Lipinski definition) is 4.